The van der Waals surface area contributed by atoms with Gasteiger partial charge in [0.05, 0.1) is 12.2 Å². The van der Waals surface area contributed by atoms with Crippen LogP contribution in [0.2, 0.25) is 0 Å². The van der Waals surface area contributed by atoms with E-state index >= 15 is 0 Å². The van der Waals surface area contributed by atoms with Crippen LogP contribution >= 0.6 is 0 Å². The number of piperidine rings is 1. The molecule has 5 rings (SSSR count). The molecule has 0 N–H and O–H groups in total. The summed E-state index contributed by atoms with van der Waals surface area (Å²) in [4.78, 5) is 30.4. The van der Waals surface area contributed by atoms with Crippen molar-refractivity contribution in [1.82, 2.24) is 19.6 Å². The molecule has 3 heterocycles. The van der Waals surface area contributed by atoms with Crippen molar-refractivity contribution in [3.05, 3.63) is 51.8 Å². The molecule has 2 fully saturated rings. The molecule has 0 bridgehead atoms. The van der Waals surface area contributed by atoms with Gasteiger partial charge in [0, 0.05) is 37.4 Å². The molecule has 0 radical (unpaired) electrons. The summed E-state index contributed by atoms with van der Waals surface area (Å²) in [5, 5.41) is 4.71. The number of hydrogen-bond donors (Lipinski definition) is 0. The van der Waals surface area contributed by atoms with Gasteiger partial charge in [0.15, 0.2) is 5.69 Å². The fraction of sp³-hybridized carbons (Fsp3) is 0.607. The van der Waals surface area contributed by atoms with Crippen LogP contribution in [0.1, 0.15) is 77.5 Å². The Morgan fingerprint density at radius 1 is 1.00 bits per heavy atom. The molecule has 188 valence electrons. The minimum absolute atomic E-state index is 0.0196. The molecule has 2 atom stereocenters. The maximum absolute atomic E-state index is 13.4. The molecule has 35 heavy (non-hydrogen) atoms. The zero-order valence-electron chi connectivity index (χ0n) is 21.5. The summed E-state index contributed by atoms with van der Waals surface area (Å²) in [6.45, 7) is 11.2. The third kappa shape index (κ3) is 4.88. The lowest BCUT2D eigenvalue weighted by Gasteiger charge is -2.35. The van der Waals surface area contributed by atoms with Crippen molar-refractivity contribution in [2.24, 2.45) is 0 Å². The number of carbonyl (C=O) groups excluding carboxylic acids is 2. The number of rotatable bonds is 4. The van der Waals surface area contributed by atoms with Gasteiger partial charge in [-0.25, -0.2) is 0 Å². The summed E-state index contributed by atoms with van der Waals surface area (Å²) < 4.78 is 7.62. The summed E-state index contributed by atoms with van der Waals surface area (Å²) in [5.41, 5.74) is 6.70. The van der Waals surface area contributed by atoms with Crippen molar-refractivity contribution in [2.45, 2.75) is 84.5 Å². The SMILES string of the molecule is Cc1ccc(C2CCN(C(=O)Cn3nc(C(=O)N4C[C@@H](C)O[C@@H](C)C4)c4c3CCC4)CC2)cc1C. The Bertz CT molecular complexity index is 1110. The first-order valence-electron chi connectivity index (χ1n) is 13.2. The first-order valence-corrected chi connectivity index (χ1v) is 13.2. The number of morpholine rings is 1. The Balaban J connectivity index is 1.25. The normalized spacial score (nSPS) is 23.0. The van der Waals surface area contributed by atoms with Gasteiger partial charge in [-0.2, -0.15) is 5.10 Å². The van der Waals surface area contributed by atoms with E-state index in [0.717, 1.165) is 56.5 Å². The molecule has 1 aromatic carbocycles. The molecule has 2 amide bonds. The predicted molar refractivity (Wildman–Crippen MR) is 135 cm³/mol. The van der Waals surface area contributed by atoms with Crippen LogP contribution in [-0.2, 0) is 28.9 Å². The van der Waals surface area contributed by atoms with Crippen molar-refractivity contribution in [2.75, 3.05) is 26.2 Å². The molecule has 0 saturated carbocycles. The third-order valence-corrected chi connectivity index (χ3v) is 8.05. The van der Waals surface area contributed by atoms with Crippen molar-refractivity contribution in [3.63, 3.8) is 0 Å². The second kappa shape index (κ2) is 9.76. The molecule has 2 saturated heterocycles. The van der Waals surface area contributed by atoms with E-state index in [0.29, 0.717) is 24.7 Å². The second-order valence-corrected chi connectivity index (χ2v) is 10.8. The van der Waals surface area contributed by atoms with Crippen molar-refractivity contribution in [3.8, 4) is 0 Å². The molecular weight excluding hydrogens is 440 g/mol. The van der Waals surface area contributed by atoms with E-state index < -0.39 is 0 Å². The number of benzene rings is 1. The smallest absolute Gasteiger partial charge is 0.274 e. The molecule has 2 aliphatic heterocycles. The van der Waals surface area contributed by atoms with Gasteiger partial charge in [0.25, 0.3) is 5.91 Å². The highest BCUT2D eigenvalue weighted by Gasteiger charge is 2.33. The summed E-state index contributed by atoms with van der Waals surface area (Å²) in [7, 11) is 0. The maximum Gasteiger partial charge on any atom is 0.274 e. The lowest BCUT2D eigenvalue weighted by atomic mass is 9.88. The van der Waals surface area contributed by atoms with E-state index in [1.54, 1.807) is 0 Å². The second-order valence-electron chi connectivity index (χ2n) is 10.8. The molecule has 7 nitrogen and oxygen atoms in total. The fourth-order valence-corrected chi connectivity index (χ4v) is 6.01. The summed E-state index contributed by atoms with van der Waals surface area (Å²) in [6, 6.07) is 6.75. The first kappa shape index (κ1) is 24.0. The van der Waals surface area contributed by atoms with E-state index in [1.807, 2.05) is 28.3 Å². The van der Waals surface area contributed by atoms with Crippen molar-refractivity contribution in [1.29, 1.82) is 0 Å². The summed E-state index contributed by atoms with van der Waals surface area (Å²) in [5.74, 6) is 0.591. The maximum atomic E-state index is 13.4. The van der Waals surface area contributed by atoms with Crippen LogP contribution in [0, 0.1) is 13.8 Å². The molecule has 0 unspecified atom stereocenters. The molecular formula is C28H38N4O3. The van der Waals surface area contributed by atoms with Crippen molar-refractivity contribution < 1.29 is 14.3 Å². The number of nitrogens with zero attached hydrogens (tertiary/aromatic N) is 4. The summed E-state index contributed by atoms with van der Waals surface area (Å²) >= 11 is 0. The lowest BCUT2D eigenvalue weighted by molar-refractivity contribution is -0.133. The largest absolute Gasteiger partial charge is 0.372 e. The Morgan fingerprint density at radius 2 is 1.71 bits per heavy atom. The third-order valence-electron chi connectivity index (χ3n) is 8.05. The van der Waals surface area contributed by atoms with Crippen LogP contribution in [-0.4, -0.2) is 69.8 Å². The highest BCUT2D eigenvalue weighted by atomic mass is 16.5. The van der Waals surface area contributed by atoms with E-state index in [1.165, 1.54) is 16.7 Å². The predicted octanol–water partition coefficient (Wildman–Crippen LogP) is 3.64. The van der Waals surface area contributed by atoms with E-state index in [2.05, 4.69) is 32.0 Å². The summed E-state index contributed by atoms with van der Waals surface area (Å²) in [6.07, 6.45) is 4.77. The number of likely N-dealkylation sites (tertiary alicyclic amines) is 1. The standard InChI is InChI=1S/C28H38N4O3/c1-18-8-9-23(14-19(18)2)22-10-12-30(13-11-22)26(33)17-32-25-7-5-6-24(25)27(29-32)28(34)31-15-20(3)35-21(4)16-31/h8-9,14,20-22H,5-7,10-13,15-17H2,1-4H3/t20-,21+. The van der Waals surface area contributed by atoms with Gasteiger partial charge in [-0.3, -0.25) is 14.3 Å². The van der Waals surface area contributed by atoms with Gasteiger partial charge in [-0.05, 0) is 82.4 Å². The van der Waals surface area contributed by atoms with Crippen LogP contribution < -0.4 is 0 Å². The van der Waals surface area contributed by atoms with Crippen LogP contribution in [0.25, 0.3) is 0 Å². The van der Waals surface area contributed by atoms with Gasteiger partial charge in [0.2, 0.25) is 5.91 Å². The average Bonchev–Trinajstić information content (AvgIpc) is 3.44. The van der Waals surface area contributed by atoms with E-state index in [4.69, 9.17) is 9.84 Å². The van der Waals surface area contributed by atoms with Gasteiger partial charge < -0.3 is 14.5 Å². The van der Waals surface area contributed by atoms with E-state index in [-0.39, 0.29) is 30.6 Å². The Kier molecular flexibility index (Phi) is 6.71. The number of carbonyl (C=O) groups is 2. The molecule has 3 aliphatic rings. The first-order chi connectivity index (χ1) is 16.8. The molecule has 7 heteroatoms. The highest BCUT2D eigenvalue weighted by molar-refractivity contribution is 5.94. The number of aromatic nitrogens is 2. The number of aryl methyl sites for hydroxylation is 2. The topological polar surface area (TPSA) is 67.7 Å². The Hall–Kier alpha value is -2.67. The van der Waals surface area contributed by atoms with Crippen LogP contribution in [0.15, 0.2) is 18.2 Å². The van der Waals surface area contributed by atoms with Gasteiger partial charge >= 0.3 is 0 Å². The van der Waals surface area contributed by atoms with Crippen molar-refractivity contribution >= 4 is 11.8 Å². The lowest BCUT2D eigenvalue weighted by Crippen LogP contribution is -2.48. The minimum atomic E-state index is -0.0226. The zero-order chi connectivity index (χ0) is 24.7. The Morgan fingerprint density at radius 3 is 2.40 bits per heavy atom. The molecule has 1 aliphatic carbocycles. The molecule has 0 spiro atoms. The highest BCUT2D eigenvalue weighted by Crippen LogP contribution is 2.30. The fourth-order valence-electron chi connectivity index (χ4n) is 6.01. The van der Waals surface area contributed by atoms with Gasteiger partial charge in [-0.15, -0.1) is 0 Å². The van der Waals surface area contributed by atoms with E-state index in [9.17, 15) is 9.59 Å². The Labute approximate surface area is 208 Å². The quantitative estimate of drug-likeness (QED) is 0.673. The zero-order valence-corrected chi connectivity index (χ0v) is 21.5. The number of ether oxygens (including phenoxy) is 1. The van der Waals surface area contributed by atoms with Crippen LogP contribution in [0.4, 0.5) is 0 Å². The van der Waals surface area contributed by atoms with Crippen LogP contribution in [0.3, 0.4) is 0 Å². The van der Waals surface area contributed by atoms with Gasteiger partial charge in [0.1, 0.15) is 6.54 Å². The minimum Gasteiger partial charge on any atom is -0.372 e. The van der Waals surface area contributed by atoms with Gasteiger partial charge in [-0.1, -0.05) is 18.2 Å². The average molecular weight is 479 g/mol. The van der Waals surface area contributed by atoms with Crippen LogP contribution in [0.5, 0.6) is 0 Å². The molecule has 1 aromatic heterocycles. The molecule has 2 aromatic rings. The number of hydrogen-bond acceptors (Lipinski definition) is 4. The number of amides is 2. The number of fused-ring (bicyclic) bond motifs is 1. The monoisotopic (exact) mass is 478 g/mol.